The highest BCUT2D eigenvalue weighted by Gasteiger charge is 2.26. The van der Waals surface area contributed by atoms with Gasteiger partial charge < -0.3 is 9.64 Å². The minimum Gasteiger partial charge on any atom is -0.466 e. The van der Waals surface area contributed by atoms with Gasteiger partial charge in [0, 0.05) is 13.1 Å². The molecule has 0 radical (unpaired) electrons. The summed E-state index contributed by atoms with van der Waals surface area (Å²) in [5.74, 6) is 0.00327. The minimum absolute atomic E-state index is 0.0561. The third kappa shape index (κ3) is 2.49. The zero-order valence-corrected chi connectivity index (χ0v) is 10.1. The fourth-order valence-electron chi connectivity index (χ4n) is 1.87. The molecule has 5 nitrogen and oxygen atoms in total. The first kappa shape index (κ1) is 11.3. The van der Waals surface area contributed by atoms with Crippen molar-refractivity contribution >= 4 is 22.4 Å². The Labute approximate surface area is 98.4 Å². The van der Waals surface area contributed by atoms with E-state index in [1.807, 2.05) is 6.92 Å². The number of aromatic nitrogens is 2. The van der Waals surface area contributed by atoms with Crippen LogP contribution in [0.15, 0.2) is 5.51 Å². The van der Waals surface area contributed by atoms with Crippen LogP contribution in [0.1, 0.15) is 19.8 Å². The van der Waals surface area contributed by atoms with Gasteiger partial charge in [-0.15, -0.1) is 10.2 Å². The Bertz CT molecular complexity index is 334. The molecule has 1 aliphatic rings. The number of hydrogen-bond acceptors (Lipinski definition) is 6. The molecule has 1 aliphatic heterocycles. The van der Waals surface area contributed by atoms with E-state index in [0.717, 1.165) is 31.1 Å². The van der Waals surface area contributed by atoms with Gasteiger partial charge >= 0.3 is 5.97 Å². The van der Waals surface area contributed by atoms with Crippen molar-refractivity contribution in [3.8, 4) is 0 Å². The Hall–Kier alpha value is -1.17. The average molecular weight is 241 g/mol. The van der Waals surface area contributed by atoms with Crippen molar-refractivity contribution in [1.82, 2.24) is 10.2 Å². The van der Waals surface area contributed by atoms with Crippen molar-refractivity contribution in [1.29, 1.82) is 0 Å². The molecule has 0 spiro atoms. The first-order valence-electron chi connectivity index (χ1n) is 5.49. The minimum atomic E-state index is -0.0561. The number of nitrogens with zero attached hydrogens (tertiary/aromatic N) is 3. The molecule has 1 fully saturated rings. The molecule has 0 N–H and O–H groups in total. The van der Waals surface area contributed by atoms with E-state index < -0.39 is 0 Å². The molecule has 1 saturated heterocycles. The van der Waals surface area contributed by atoms with Crippen molar-refractivity contribution in [3.05, 3.63) is 5.51 Å². The zero-order valence-electron chi connectivity index (χ0n) is 9.26. The number of hydrogen-bond donors (Lipinski definition) is 0. The maximum Gasteiger partial charge on any atom is 0.309 e. The summed E-state index contributed by atoms with van der Waals surface area (Å²) in [7, 11) is 0. The molecule has 0 amide bonds. The third-order valence-corrected chi connectivity index (χ3v) is 3.48. The molecule has 0 atom stereocenters. The summed E-state index contributed by atoms with van der Waals surface area (Å²) in [6, 6.07) is 0. The van der Waals surface area contributed by atoms with Gasteiger partial charge in [-0.2, -0.15) is 0 Å². The molecule has 1 aromatic rings. The van der Waals surface area contributed by atoms with Crippen LogP contribution < -0.4 is 4.90 Å². The molecule has 1 aromatic heterocycles. The molecule has 0 unspecified atom stereocenters. The summed E-state index contributed by atoms with van der Waals surface area (Å²) in [5, 5.41) is 8.79. The van der Waals surface area contributed by atoms with Gasteiger partial charge in [-0.25, -0.2) is 0 Å². The van der Waals surface area contributed by atoms with Crippen LogP contribution in [0.3, 0.4) is 0 Å². The van der Waals surface area contributed by atoms with Crippen LogP contribution in [-0.4, -0.2) is 35.9 Å². The van der Waals surface area contributed by atoms with Crippen LogP contribution in [0.25, 0.3) is 0 Å². The van der Waals surface area contributed by atoms with E-state index in [1.54, 1.807) is 5.51 Å². The maximum absolute atomic E-state index is 11.5. The van der Waals surface area contributed by atoms with E-state index in [4.69, 9.17) is 4.74 Å². The predicted octanol–water partition coefficient (Wildman–Crippen LogP) is 1.32. The van der Waals surface area contributed by atoms with Crippen molar-refractivity contribution in [2.45, 2.75) is 19.8 Å². The topological polar surface area (TPSA) is 55.3 Å². The highest BCUT2D eigenvalue weighted by Crippen LogP contribution is 2.24. The highest BCUT2D eigenvalue weighted by atomic mass is 32.1. The number of anilines is 1. The second-order valence-corrected chi connectivity index (χ2v) is 4.55. The second-order valence-electron chi connectivity index (χ2n) is 3.73. The van der Waals surface area contributed by atoms with E-state index in [1.165, 1.54) is 11.3 Å². The molecular formula is C10H15N3O2S. The Morgan fingerprint density at radius 3 is 2.94 bits per heavy atom. The van der Waals surface area contributed by atoms with Gasteiger partial charge in [-0.1, -0.05) is 11.3 Å². The lowest BCUT2D eigenvalue weighted by Crippen LogP contribution is -2.36. The van der Waals surface area contributed by atoms with Gasteiger partial charge in [-0.3, -0.25) is 4.79 Å². The Morgan fingerprint density at radius 1 is 1.62 bits per heavy atom. The van der Waals surface area contributed by atoms with Crippen LogP contribution in [0, 0.1) is 5.92 Å². The molecule has 0 bridgehead atoms. The molecule has 16 heavy (non-hydrogen) atoms. The summed E-state index contributed by atoms with van der Waals surface area (Å²) in [6.07, 6.45) is 1.69. The van der Waals surface area contributed by atoms with Crippen LogP contribution >= 0.6 is 11.3 Å². The van der Waals surface area contributed by atoms with Crippen LogP contribution in [0.2, 0.25) is 0 Å². The fraction of sp³-hybridized carbons (Fsp3) is 0.700. The third-order valence-electron chi connectivity index (χ3n) is 2.73. The number of ether oxygens (including phenoxy) is 1. The Kier molecular flexibility index (Phi) is 3.71. The highest BCUT2D eigenvalue weighted by molar-refractivity contribution is 7.13. The molecule has 0 aliphatic carbocycles. The molecule has 2 heterocycles. The maximum atomic E-state index is 11.5. The van der Waals surface area contributed by atoms with Crippen molar-refractivity contribution in [3.63, 3.8) is 0 Å². The van der Waals surface area contributed by atoms with Gasteiger partial charge in [0.25, 0.3) is 0 Å². The summed E-state index contributed by atoms with van der Waals surface area (Å²) >= 11 is 1.54. The molecule has 2 rings (SSSR count). The number of carbonyl (C=O) groups excluding carboxylic acids is 1. The first-order chi connectivity index (χ1) is 7.81. The van der Waals surface area contributed by atoms with Crippen molar-refractivity contribution < 1.29 is 9.53 Å². The summed E-state index contributed by atoms with van der Waals surface area (Å²) in [4.78, 5) is 13.7. The second kappa shape index (κ2) is 5.25. The Balaban J connectivity index is 1.85. The monoisotopic (exact) mass is 241 g/mol. The van der Waals surface area contributed by atoms with E-state index >= 15 is 0 Å². The fourth-order valence-corrected chi connectivity index (χ4v) is 2.49. The summed E-state index contributed by atoms with van der Waals surface area (Å²) < 4.78 is 5.02. The average Bonchev–Trinajstić information content (AvgIpc) is 2.83. The largest absolute Gasteiger partial charge is 0.466 e. The first-order valence-corrected chi connectivity index (χ1v) is 6.37. The summed E-state index contributed by atoms with van der Waals surface area (Å²) in [6.45, 7) is 4.03. The summed E-state index contributed by atoms with van der Waals surface area (Å²) in [5.41, 5.74) is 1.73. The SMILES string of the molecule is CCOC(=O)C1CCN(c2nncs2)CC1. The number of esters is 1. The van der Waals surface area contributed by atoms with E-state index in [9.17, 15) is 4.79 Å². The lowest BCUT2D eigenvalue weighted by Gasteiger charge is -2.30. The standard InChI is InChI=1S/C10H15N3O2S/c1-2-15-9(14)8-3-5-13(6-4-8)10-12-11-7-16-10/h7-8H,2-6H2,1H3. The smallest absolute Gasteiger partial charge is 0.309 e. The van der Waals surface area contributed by atoms with Crippen LogP contribution in [-0.2, 0) is 9.53 Å². The molecule has 0 saturated carbocycles. The Morgan fingerprint density at radius 2 is 2.38 bits per heavy atom. The van der Waals surface area contributed by atoms with Crippen LogP contribution in [0.4, 0.5) is 5.13 Å². The van der Waals surface area contributed by atoms with Crippen LogP contribution in [0.5, 0.6) is 0 Å². The quantitative estimate of drug-likeness (QED) is 0.747. The van der Waals surface area contributed by atoms with Crippen molar-refractivity contribution in [2.24, 2.45) is 5.92 Å². The number of rotatable bonds is 3. The van der Waals surface area contributed by atoms with Gasteiger partial charge in [0.15, 0.2) is 0 Å². The normalized spacial score (nSPS) is 17.4. The van der Waals surface area contributed by atoms with Gasteiger partial charge in [0.1, 0.15) is 5.51 Å². The van der Waals surface area contributed by atoms with Gasteiger partial charge in [0.05, 0.1) is 12.5 Å². The van der Waals surface area contributed by atoms with E-state index in [0.29, 0.717) is 6.61 Å². The van der Waals surface area contributed by atoms with Gasteiger partial charge in [-0.05, 0) is 19.8 Å². The van der Waals surface area contributed by atoms with E-state index in [-0.39, 0.29) is 11.9 Å². The van der Waals surface area contributed by atoms with E-state index in [2.05, 4.69) is 15.1 Å². The number of carbonyl (C=O) groups is 1. The molecule has 88 valence electrons. The lowest BCUT2D eigenvalue weighted by molar-refractivity contribution is -0.148. The predicted molar refractivity (Wildman–Crippen MR) is 61.5 cm³/mol. The van der Waals surface area contributed by atoms with Gasteiger partial charge in [0.2, 0.25) is 5.13 Å². The molecular weight excluding hydrogens is 226 g/mol. The lowest BCUT2D eigenvalue weighted by atomic mass is 9.97. The molecule has 6 heteroatoms. The van der Waals surface area contributed by atoms with Crippen molar-refractivity contribution in [2.75, 3.05) is 24.6 Å². The zero-order chi connectivity index (χ0) is 11.4. The number of piperidine rings is 1. The molecule has 0 aromatic carbocycles.